The third kappa shape index (κ3) is 4.82. The summed E-state index contributed by atoms with van der Waals surface area (Å²) >= 11 is 7.41. The Morgan fingerprint density at radius 3 is 2.49 bits per heavy atom. The number of aliphatic imine (C=N–C) groups is 1. The van der Waals surface area contributed by atoms with Crippen molar-refractivity contribution >= 4 is 46.2 Å². The lowest BCUT2D eigenvalue weighted by Gasteiger charge is -2.30. The molecule has 1 aromatic heterocycles. The third-order valence-corrected chi connectivity index (χ3v) is 7.92. The second-order valence-corrected chi connectivity index (χ2v) is 10.5. The molecule has 0 unspecified atom stereocenters. The first-order valence-electron chi connectivity index (χ1n) is 11.9. The molecule has 1 saturated carbocycles. The Balaban J connectivity index is 1.53. The molecule has 2 aromatic carbocycles. The Labute approximate surface area is 214 Å². The number of nitrogens with zero attached hydrogens (tertiary/aromatic N) is 3. The van der Waals surface area contributed by atoms with Gasteiger partial charge in [-0.2, -0.15) is 0 Å². The molecule has 1 aliphatic carbocycles. The molecule has 180 valence electrons. The van der Waals surface area contributed by atoms with E-state index in [9.17, 15) is 9.18 Å². The van der Waals surface area contributed by atoms with Gasteiger partial charge >= 0.3 is 0 Å². The van der Waals surface area contributed by atoms with Gasteiger partial charge in [0.15, 0.2) is 5.17 Å². The number of amidine groups is 1. The quantitative estimate of drug-likeness (QED) is 0.337. The van der Waals surface area contributed by atoms with Gasteiger partial charge in [-0.3, -0.25) is 9.69 Å². The monoisotopic (exact) mass is 507 g/mol. The zero-order valence-electron chi connectivity index (χ0n) is 19.8. The number of para-hydroxylation sites is 1. The minimum atomic E-state index is -0.388. The lowest BCUT2D eigenvalue weighted by atomic mass is 9.94. The maximum absolute atomic E-state index is 14.4. The highest BCUT2D eigenvalue weighted by atomic mass is 35.5. The van der Waals surface area contributed by atoms with E-state index in [1.165, 1.54) is 24.2 Å². The Bertz CT molecular complexity index is 1320. The zero-order chi connectivity index (χ0) is 24.5. The van der Waals surface area contributed by atoms with Gasteiger partial charge in [-0.25, -0.2) is 9.38 Å². The number of carbonyl (C=O) groups excluding carboxylic acids is 1. The molecule has 0 spiro atoms. The predicted molar refractivity (Wildman–Crippen MR) is 143 cm³/mol. The highest BCUT2D eigenvalue weighted by Gasteiger charge is 2.39. The van der Waals surface area contributed by atoms with Crippen molar-refractivity contribution in [1.82, 2.24) is 9.47 Å². The van der Waals surface area contributed by atoms with Crippen LogP contribution in [0.3, 0.4) is 0 Å². The van der Waals surface area contributed by atoms with Crippen molar-refractivity contribution in [2.75, 3.05) is 0 Å². The van der Waals surface area contributed by atoms with Crippen molar-refractivity contribution < 1.29 is 9.18 Å². The van der Waals surface area contributed by atoms with Crippen LogP contribution in [0.25, 0.3) is 11.8 Å². The van der Waals surface area contributed by atoms with Crippen molar-refractivity contribution in [2.24, 2.45) is 4.99 Å². The first-order chi connectivity index (χ1) is 16.9. The smallest absolute Gasteiger partial charge is 0.267 e. The second kappa shape index (κ2) is 10.0. The van der Waals surface area contributed by atoms with E-state index >= 15 is 0 Å². The highest BCUT2D eigenvalue weighted by molar-refractivity contribution is 8.18. The molecular weight excluding hydrogens is 481 g/mol. The summed E-state index contributed by atoms with van der Waals surface area (Å²) in [6.45, 7) is 4.10. The van der Waals surface area contributed by atoms with E-state index in [1.807, 2.05) is 44.2 Å². The maximum Gasteiger partial charge on any atom is 0.267 e. The fraction of sp³-hybridized carbons (Fsp3) is 0.286. The van der Waals surface area contributed by atoms with Crippen LogP contribution in [-0.4, -0.2) is 26.6 Å². The van der Waals surface area contributed by atoms with Crippen molar-refractivity contribution in [3.05, 3.63) is 87.3 Å². The molecule has 0 N–H and O–H groups in total. The molecule has 1 amide bonds. The minimum Gasteiger partial charge on any atom is -0.318 e. The molecule has 0 radical (unpaired) electrons. The summed E-state index contributed by atoms with van der Waals surface area (Å²) in [5.41, 5.74) is 4.35. The molecule has 5 rings (SSSR count). The molecule has 3 aromatic rings. The first-order valence-corrected chi connectivity index (χ1v) is 13.1. The van der Waals surface area contributed by atoms with Gasteiger partial charge in [0.25, 0.3) is 5.91 Å². The summed E-state index contributed by atoms with van der Waals surface area (Å²) in [5, 5.41) is 1.25. The third-order valence-electron chi connectivity index (χ3n) is 6.69. The van der Waals surface area contributed by atoms with Crippen LogP contribution in [-0.2, 0) is 4.79 Å². The van der Waals surface area contributed by atoms with E-state index in [-0.39, 0.29) is 23.5 Å². The number of aryl methyl sites for hydroxylation is 1. The number of aromatic nitrogens is 1. The van der Waals surface area contributed by atoms with Gasteiger partial charge in [-0.1, -0.05) is 43.0 Å². The first kappa shape index (κ1) is 23.9. The number of benzene rings is 2. The molecule has 2 fully saturated rings. The van der Waals surface area contributed by atoms with Crippen LogP contribution in [0.1, 0.15) is 49.1 Å². The van der Waals surface area contributed by atoms with Crippen LogP contribution < -0.4 is 0 Å². The van der Waals surface area contributed by atoms with E-state index in [2.05, 4.69) is 15.6 Å². The van der Waals surface area contributed by atoms with Crippen LogP contribution in [0.4, 0.5) is 10.1 Å². The molecular formula is C28H27ClFN3OS. The number of hydrogen-bond acceptors (Lipinski definition) is 3. The second-order valence-electron chi connectivity index (χ2n) is 9.06. The fourth-order valence-electron chi connectivity index (χ4n) is 4.93. The van der Waals surface area contributed by atoms with Crippen LogP contribution in [0.15, 0.2) is 64.5 Å². The predicted octanol–water partition coefficient (Wildman–Crippen LogP) is 7.82. The van der Waals surface area contributed by atoms with Crippen molar-refractivity contribution in [1.29, 1.82) is 0 Å². The number of hydrogen-bond donors (Lipinski definition) is 0. The summed E-state index contributed by atoms with van der Waals surface area (Å²) in [7, 11) is 0. The average Bonchev–Trinajstić information content (AvgIpc) is 3.31. The summed E-state index contributed by atoms with van der Waals surface area (Å²) in [5.74, 6) is -0.436. The average molecular weight is 508 g/mol. The molecule has 2 aliphatic rings. The van der Waals surface area contributed by atoms with Crippen LogP contribution in [0, 0.1) is 19.7 Å². The summed E-state index contributed by atoms with van der Waals surface area (Å²) in [6.07, 6.45) is 7.20. The lowest BCUT2D eigenvalue weighted by molar-refractivity contribution is -0.124. The molecule has 7 heteroatoms. The van der Waals surface area contributed by atoms with Crippen LogP contribution in [0.5, 0.6) is 0 Å². The minimum absolute atomic E-state index is 0.0479. The Hall–Kier alpha value is -2.83. The molecule has 0 atom stereocenters. The van der Waals surface area contributed by atoms with Gasteiger partial charge in [-0.05, 0) is 92.6 Å². The van der Waals surface area contributed by atoms with Gasteiger partial charge in [0.05, 0.1) is 4.91 Å². The van der Waals surface area contributed by atoms with Gasteiger partial charge in [0.1, 0.15) is 11.5 Å². The largest absolute Gasteiger partial charge is 0.318 e. The standard InChI is InChI=1S/C28H27ClFN3OS/c1-18-16-20(19(2)32(18)23-14-12-21(29)13-15-23)17-26-27(34)33(22-8-4-3-5-9-22)28(35-26)31-25-11-7-6-10-24(25)30/h6-7,10-17,22H,3-5,8-9H2,1-2H3/b26-17-,31-28?. The van der Waals surface area contributed by atoms with Crippen molar-refractivity contribution in [3.63, 3.8) is 0 Å². The number of halogens is 2. The van der Waals surface area contributed by atoms with E-state index in [1.54, 1.807) is 23.1 Å². The van der Waals surface area contributed by atoms with Gasteiger partial charge in [0, 0.05) is 28.1 Å². The topological polar surface area (TPSA) is 37.6 Å². The van der Waals surface area contributed by atoms with Crippen LogP contribution in [0.2, 0.25) is 5.02 Å². The van der Waals surface area contributed by atoms with E-state index in [0.29, 0.717) is 15.1 Å². The Morgan fingerprint density at radius 2 is 1.77 bits per heavy atom. The number of carbonyl (C=O) groups is 1. The van der Waals surface area contributed by atoms with Crippen molar-refractivity contribution in [3.8, 4) is 5.69 Å². The number of amides is 1. The number of rotatable bonds is 4. The highest BCUT2D eigenvalue weighted by Crippen LogP contribution is 2.39. The fourth-order valence-corrected chi connectivity index (χ4v) is 6.10. The molecule has 35 heavy (non-hydrogen) atoms. The summed E-state index contributed by atoms with van der Waals surface area (Å²) < 4.78 is 16.5. The summed E-state index contributed by atoms with van der Waals surface area (Å²) in [4.78, 5) is 20.7. The van der Waals surface area contributed by atoms with Gasteiger partial charge in [0.2, 0.25) is 0 Å². The van der Waals surface area contributed by atoms with E-state index < -0.39 is 0 Å². The Morgan fingerprint density at radius 1 is 1.06 bits per heavy atom. The van der Waals surface area contributed by atoms with Gasteiger partial charge < -0.3 is 4.57 Å². The molecule has 2 heterocycles. The molecule has 1 saturated heterocycles. The molecule has 1 aliphatic heterocycles. The summed E-state index contributed by atoms with van der Waals surface area (Å²) in [6, 6.07) is 16.3. The Kier molecular flexibility index (Phi) is 6.85. The normalized spacial score (nSPS) is 19.3. The molecule has 4 nitrogen and oxygen atoms in total. The van der Waals surface area contributed by atoms with Gasteiger partial charge in [-0.15, -0.1) is 0 Å². The van der Waals surface area contributed by atoms with Crippen LogP contribution >= 0.6 is 23.4 Å². The van der Waals surface area contributed by atoms with Crippen molar-refractivity contribution in [2.45, 2.75) is 52.0 Å². The SMILES string of the molecule is Cc1cc(/C=C2\SC(=Nc3ccccc3F)N(C3CCCCC3)C2=O)c(C)n1-c1ccc(Cl)cc1. The zero-order valence-corrected chi connectivity index (χ0v) is 21.4. The van der Waals surface area contributed by atoms with E-state index in [4.69, 9.17) is 11.6 Å². The molecule has 0 bridgehead atoms. The van der Waals surface area contributed by atoms with E-state index in [0.717, 1.165) is 48.3 Å². The number of thioether (sulfide) groups is 1. The maximum atomic E-state index is 14.4. The lowest BCUT2D eigenvalue weighted by Crippen LogP contribution is -2.40.